The molecule has 1 aromatic rings. The molecule has 3 nitrogen and oxygen atoms in total. The van der Waals surface area contributed by atoms with E-state index in [0.29, 0.717) is 52.2 Å². The van der Waals surface area contributed by atoms with Gasteiger partial charge in [0, 0.05) is 51.0 Å². The van der Waals surface area contributed by atoms with Crippen LogP contribution in [0.4, 0.5) is 22.0 Å². The van der Waals surface area contributed by atoms with Gasteiger partial charge in [-0.3, -0.25) is 4.90 Å². The maximum atomic E-state index is 14.4. The van der Waals surface area contributed by atoms with Gasteiger partial charge in [-0.2, -0.15) is 0 Å². The minimum atomic E-state index is -2.11. The van der Waals surface area contributed by atoms with Gasteiger partial charge in [-0.1, -0.05) is 0 Å². The smallest absolute Gasteiger partial charge is 0.200 e. The average Bonchev–Trinajstić information content (AvgIpc) is 2.63. The Morgan fingerprint density at radius 1 is 0.808 bits per heavy atom. The molecular formula is C16H21Cl2F5N2O. The first-order chi connectivity index (χ1) is 11.5. The zero-order chi connectivity index (χ0) is 17.3. The molecule has 0 spiro atoms. The second-order valence-corrected chi connectivity index (χ2v) is 6.16. The lowest BCUT2D eigenvalue weighted by atomic mass is 9.84. The monoisotopic (exact) mass is 422 g/mol. The zero-order valence-corrected chi connectivity index (χ0v) is 15.5. The molecule has 2 heterocycles. The summed E-state index contributed by atoms with van der Waals surface area (Å²) in [6.45, 7) is 3.03. The molecule has 2 aliphatic heterocycles. The predicted octanol–water partition coefficient (Wildman–Crippen LogP) is 3.60. The number of hydrogen-bond acceptors (Lipinski definition) is 3. The van der Waals surface area contributed by atoms with Crippen molar-refractivity contribution in [3.8, 4) is 0 Å². The van der Waals surface area contributed by atoms with Crippen LogP contribution in [0.15, 0.2) is 0 Å². The van der Waals surface area contributed by atoms with E-state index < -0.39 is 40.7 Å². The topological polar surface area (TPSA) is 24.5 Å². The fourth-order valence-electron chi connectivity index (χ4n) is 3.59. The van der Waals surface area contributed by atoms with Crippen molar-refractivity contribution in [3.63, 3.8) is 0 Å². The van der Waals surface area contributed by atoms with Crippen LogP contribution in [-0.2, 0) is 4.74 Å². The lowest BCUT2D eigenvalue weighted by molar-refractivity contribution is 0.0186. The minimum Gasteiger partial charge on any atom is -0.381 e. The molecule has 0 saturated carbocycles. The van der Waals surface area contributed by atoms with E-state index in [-0.39, 0.29) is 30.7 Å². The van der Waals surface area contributed by atoms with Crippen molar-refractivity contribution >= 4 is 24.8 Å². The van der Waals surface area contributed by atoms with E-state index in [1.165, 1.54) is 0 Å². The van der Waals surface area contributed by atoms with Gasteiger partial charge in [0.05, 0.1) is 0 Å². The normalized spacial score (nSPS) is 20.2. The van der Waals surface area contributed by atoms with Gasteiger partial charge >= 0.3 is 0 Å². The molecule has 2 aliphatic rings. The summed E-state index contributed by atoms with van der Waals surface area (Å²) < 4.78 is 74.7. The van der Waals surface area contributed by atoms with Crippen LogP contribution in [0.2, 0.25) is 0 Å². The third-order valence-electron chi connectivity index (χ3n) is 4.80. The molecule has 150 valence electrons. The van der Waals surface area contributed by atoms with Crippen molar-refractivity contribution in [1.29, 1.82) is 0 Å². The summed E-state index contributed by atoms with van der Waals surface area (Å²) in [6, 6.07) is -0.847. The van der Waals surface area contributed by atoms with Crippen LogP contribution in [-0.4, -0.2) is 44.3 Å². The number of rotatable bonds is 3. The van der Waals surface area contributed by atoms with Gasteiger partial charge in [-0.05, 0) is 18.8 Å². The number of nitrogens with one attached hydrogen (secondary N) is 1. The summed E-state index contributed by atoms with van der Waals surface area (Å²) in [7, 11) is 0. The van der Waals surface area contributed by atoms with Crippen LogP contribution in [0.1, 0.15) is 24.4 Å². The third-order valence-corrected chi connectivity index (χ3v) is 4.80. The van der Waals surface area contributed by atoms with Crippen molar-refractivity contribution in [1.82, 2.24) is 10.2 Å². The Balaban J connectivity index is 0.00000169. The third kappa shape index (κ3) is 4.42. The van der Waals surface area contributed by atoms with Crippen LogP contribution in [0.25, 0.3) is 0 Å². The van der Waals surface area contributed by atoms with Crippen molar-refractivity contribution in [3.05, 3.63) is 34.6 Å². The van der Waals surface area contributed by atoms with Gasteiger partial charge in [-0.15, -0.1) is 24.8 Å². The molecule has 1 N–H and O–H groups in total. The Labute approximate surface area is 161 Å². The largest absolute Gasteiger partial charge is 0.381 e. The van der Waals surface area contributed by atoms with Crippen molar-refractivity contribution in [2.75, 3.05) is 39.4 Å². The SMILES string of the molecule is Cl.Cl.Fc1c(F)c(F)c([C@@H](C2CCOCC2)N2CCNCC2)c(F)c1F. The maximum absolute atomic E-state index is 14.4. The van der Waals surface area contributed by atoms with E-state index in [2.05, 4.69) is 5.32 Å². The van der Waals surface area contributed by atoms with Crippen molar-refractivity contribution in [2.24, 2.45) is 5.92 Å². The first-order valence-corrected chi connectivity index (χ1v) is 8.06. The maximum Gasteiger partial charge on any atom is 0.200 e. The number of benzene rings is 1. The van der Waals surface area contributed by atoms with Gasteiger partial charge in [0.1, 0.15) is 0 Å². The van der Waals surface area contributed by atoms with E-state index in [9.17, 15) is 22.0 Å². The standard InChI is InChI=1S/C16H19F5N2O.2ClH/c17-11-10(12(18)14(20)15(21)13(11)19)16(9-1-7-24-8-2-9)23-5-3-22-4-6-23;;/h9,16,22H,1-8H2;2*1H/t16-;;/m1../s1. The highest BCUT2D eigenvalue weighted by atomic mass is 35.5. The molecule has 0 aliphatic carbocycles. The zero-order valence-electron chi connectivity index (χ0n) is 13.9. The number of nitrogens with zero attached hydrogens (tertiary/aromatic N) is 1. The Morgan fingerprint density at radius 2 is 1.27 bits per heavy atom. The minimum absolute atomic E-state index is 0. The Morgan fingerprint density at radius 3 is 1.77 bits per heavy atom. The van der Waals surface area contributed by atoms with Gasteiger partial charge in [-0.25, -0.2) is 22.0 Å². The second-order valence-electron chi connectivity index (χ2n) is 6.16. The van der Waals surface area contributed by atoms with Crippen LogP contribution in [0.5, 0.6) is 0 Å². The molecule has 1 atom stereocenters. The average molecular weight is 423 g/mol. The number of ether oxygens (including phenoxy) is 1. The molecule has 26 heavy (non-hydrogen) atoms. The van der Waals surface area contributed by atoms with Crippen molar-refractivity contribution < 1.29 is 26.7 Å². The number of halogens is 7. The van der Waals surface area contributed by atoms with E-state index in [1.807, 2.05) is 4.90 Å². The quantitative estimate of drug-likeness (QED) is 0.457. The van der Waals surface area contributed by atoms with E-state index in [4.69, 9.17) is 4.74 Å². The summed E-state index contributed by atoms with van der Waals surface area (Å²) in [6.07, 6.45) is 1.04. The fourth-order valence-corrected chi connectivity index (χ4v) is 3.59. The van der Waals surface area contributed by atoms with Crippen LogP contribution in [0.3, 0.4) is 0 Å². The summed E-state index contributed by atoms with van der Waals surface area (Å²) in [5, 5.41) is 3.12. The molecule has 0 radical (unpaired) electrons. The van der Waals surface area contributed by atoms with Gasteiger partial charge in [0.2, 0.25) is 5.82 Å². The highest BCUT2D eigenvalue weighted by Gasteiger charge is 2.38. The van der Waals surface area contributed by atoms with Crippen molar-refractivity contribution in [2.45, 2.75) is 18.9 Å². The highest BCUT2D eigenvalue weighted by Crippen LogP contribution is 2.39. The molecule has 2 saturated heterocycles. The highest BCUT2D eigenvalue weighted by molar-refractivity contribution is 5.85. The summed E-state index contributed by atoms with van der Waals surface area (Å²) >= 11 is 0. The van der Waals surface area contributed by atoms with Gasteiger partial charge < -0.3 is 10.1 Å². The van der Waals surface area contributed by atoms with E-state index in [1.54, 1.807) is 0 Å². The molecule has 0 amide bonds. The molecule has 3 rings (SSSR count). The van der Waals surface area contributed by atoms with Crippen LogP contribution in [0, 0.1) is 35.0 Å². The van der Waals surface area contributed by atoms with E-state index >= 15 is 0 Å². The Hall–Kier alpha value is -0.670. The summed E-state index contributed by atoms with van der Waals surface area (Å²) in [5.41, 5.74) is -0.708. The van der Waals surface area contributed by atoms with Gasteiger partial charge in [0.15, 0.2) is 23.3 Å². The first kappa shape index (κ1) is 23.4. The summed E-state index contributed by atoms with van der Waals surface area (Å²) in [4.78, 5) is 1.81. The molecule has 2 fully saturated rings. The number of hydrogen-bond donors (Lipinski definition) is 1. The lowest BCUT2D eigenvalue weighted by Gasteiger charge is -2.41. The number of piperazine rings is 1. The Bertz CT molecular complexity index is 564. The van der Waals surface area contributed by atoms with Crippen LogP contribution >= 0.6 is 24.8 Å². The molecule has 10 heteroatoms. The molecular weight excluding hydrogens is 402 g/mol. The molecule has 0 bridgehead atoms. The first-order valence-electron chi connectivity index (χ1n) is 8.06. The van der Waals surface area contributed by atoms with Crippen LogP contribution < -0.4 is 5.32 Å². The predicted molar refractivity (Wildman–Crippen MR) is 91.5 cm³/mol. The molecule has 0 unspecified atom stereocenters. The second kappa shape index (κ2) is 10.0. The lowest BCUT2D eigenvalue weighted by Crippen LogP contribution is -2.48. The molecule has 1 aromatic carbocycles. The Kier molecular flexibility index (Phi) is 9.02. The molecule has 0 aromatic heterocycles. The van der Waals surface area contributed by atoms with Gasteiger partial charge in [0.25, 0.3) is 0 Å². The van der Waals surface area contributed by atoms with E-state index in [0.717, 1.165) is 0 Å². The fraction of sp³-hybridized carbons (Fsp3) is 0.625. The summed E-state index contributed by atoms with van der Waals surface area (Å²) in [5.74, 6) is -9.53.